The van der Waals surface area contributed by atoms with Gasteiger partial charge in [0.25, 0.3) is 5.91 Å². The van der Waals surface area contributed by atoms with Gasteiger partial charge in [0.05, 0.1) is 11.6 Å². The first-order valence-electron chi connectivity index (χ1n) is 8.89. The number of nitrogens with zero attached hydrogens (tertiary/aromatic N) is 3. The highest BCUT2D eigenvalue weighted by molar-refractivity contribution is 5.93. The molecule has 3 rings (SSSR count). The van der Waals surface area contributed by atoms with E-state index in [-0.39, 0.29) is 23.4 Å². The van der Waals surface area contributed by atoms with Gasteiger partial charge in [-0.25, -0.2) is 0 Å². The number of aromatic nitrogens is 1. The highest BCUT2D eigenvalue weighted by Gasteiger charge is 2.53. The Balaban J connectivity index is 1.95. The Labute approximate surface area is 143 Å². The van der Waals surface area contributed by atoms with Crippen LogP contribution in [0, 0.1) is 0 Å². The molecule has 24 heavy (non-hydrogen) atoms. The smallest absolute Gasteiger partial charge is 0.270 e. The number of amides is 2. The van der Waals surface area contributed by atoms with Crippen molar-refractivity contribution in [1.82, 2.24) is 14.4 Å². The molecular formula is C19H27N3O2. The quantitative estimate of drug-likeness (QED) is 0.797. The van der Waals surface area contributed by atoms with Crippen molar-refractivity contribution in [3.05, 3.63) is 36.7 Å². The molecule has 0 N–H and O–H groups in total. The van der Waals surface area contributed by atoms with Crippen LogP contribution in [0.25, 0.3) is 0 Å². The minimum absolute atomic E-state index is 0.0695. The highest BCUT2D eigenvalue weighted by Crippen LogP contribution is 2.43. The lowest BCUT2D eigenvalue weighted by atomic mass is 9.77. The van der Waals surface area contributed by atoms with Gasteiger partial charge in [-0.2, -0.15) is 0 Å². The Bertz CT molecular complexity index is 651. The van der Waals surface area contributed by atoms with Crippen molar-refractivity contribution >= 4 is 11.8 Å². The monoisotopic (exact) mass is 329 g/mol. The van der Waals surface area contributed by atoms with Crippen LogP contribution in [-0.4, -0.2) is 50.9 Å². The Morgan fingerprint density at radius 3 is 2.88 bits per heavy atom. The van der Waals surface area contributed by atoms with Crippen LogP contribution in [0.3, 0.4) is 0 Å². The first-order chi connectivity index (χ1) is 11.5. The summed E-state index contributed by atoms with van der Waals surface area (Å²) in [6.45, 7) is 7.27. The van der Waals surface area contributed by atoms with E-state index in [0.717, 1.165) is 32.2 Å². The first-order valence-corrected chi connectivity index (χ1v) is 8.89. The molecule has 0 aromatic carbocycles. The summed E-state index contributed by atoms with van der Waals surface area (Å²) >= 11 is 0. The van der Waals surface area contributed by atoms with Crippen LogP contribution in [0.2, 0.25) is 0 Å². The van der Waals surface area contributed by atoms with Gasteiger partial charge in [-0.3, -0.25) is 9.59 Å². The summed E-state index contributed by atoms with van der Waals surface area (Å²) in [5, 5.41) is 0. The molecule has 0 unspecified atom stereocenters. The predicted molar refractivity (Wildman–Crippen MR) is 93.6 cm³/mol. The maximum absolute atomic E-state index is 13.1. The van der Waals surface area contributed by atoms with Crippen molar-refractivity contribution in [1.29, 1.82) is 0 Å². The molecule has 0 saturated carbocycles. The van der Waals surface area contributed by atoms with Crippen LogP contribution in [0.15, 0.2) is 31.0 Å². The van der Waals surface area contributed by atoms with Crippen molar-refractivity contribution in [2.24, 2.45) is 7.05 Å². The predicted octanol–water partition coefficient (Wildman–Crippen LogP) is 2.59. The lowest BCUT2D eigenvalue weighted by Crippen LogP contribution is -2.64. The van der Waals surface area contributed by atoms with Gasteiger partial charge in [-0.1, -0.05) is 13.0 Å². The molecule has 2 saturated heterocycles. The third kappa shape index (κ3) is 2.46. The van der Waals surface area contributed by atoms with Gasteiger partial charge >= 0.3 is 0 Å². The average molecular weight is 329 g/mol. The van der Waals surface area contributed by atoms with Gasteiger partial charge in [0, 0.05) is 32.8 Å². The topological polar surface area (TPSA) is 45.6 Å². The summed E-state index contributed by atoms with van der Waals surface area (Å²) < 4.78 is 1.87. The maximum Gasteiger partial charge on any atom is 0.270 e. The SMILES string of the molecule is C=CCN1C(=O)CC[C@@]12CCCN(C(=O)c1cccn1C)[C@@H]2CC. The fourth-order valence-electron chi connectivity index (χ4n) is 4.70. The first kappa shape index (κ1) is 16.8. The molecule has 1 spiro atoms. The number of aryl methyl sites for hydroxylation is 1. The molecule has 3 heterocycles. The van der Waals surface area contributed by atoms with Crippen LogP contribution in [0.5, 0.6) is 0 Å². The van der Waals surface area contributed by atoms with Gasteiger partial charge in [0.15, 0.2) is 0 Å². The lowest BCUT2D eigenvalue weighted by Gasteiger charge is -2.52. The van der Waals surface area contributed by atoms with E-state index in [0.29, 0.717) is 18.7 Å². The molecule has 0 bridgehead atoms. The van der Waals surface area contributed by atoms with Crippen molar-refractivity contribution < 1.29 is 9.59 Å². The zero-order valence-electron chi connectivity index (χ0n) is 14.7. The number of hydrogen-bond donors (Lipinski definition) is 0. The zero-order chi connectivity index (χ0) is 17.3. The second-order valence-electron chi connectivity index (χ2n) is 6.93. The Hall–Kier alpha value is -2.04. The van der Waals surface area contributed by atoms with E-state index >= 15 is 0 Å². The Morgan fingerprint density at radius 1 is 1.46 bits per heavy atom. The molecule has 2 aliphatic heterocycles. The molecule has 130 valence electrons. The second kappa shape index (κ2) is 6.46. The molecule has 2 atom stereocenters. The van der Waals surface area contributed by atoms with Crippen molar-refractivity contribution in [2.45, 2.75) is 50.6 Å². The summed E-state index contributed by atoms with van der Waals surface area (Å²) in [6.07, 6.45) is 7.89. The number of hydrogen-bond acceptors (Lipinski definition) is 2. The van der Waals surface area contributed by atoms with Gasteiger partial charge < -0.3 is 14.4 Å². The minimum atomic E-state index is -0.223. The molecule has 1 aromatic heterocycles. The van der Waals surface area contributed by atoms with Crippen molar-refractivity contribution in [3.63, 3.8) is 0 Å². The normalized spacial score (nSPS) is 27.1. The number of likely N-dealkylation sites (tertiary alicyclic amines) is 2. The van der Waals surface area contributed by atoms with E-state index in [2.05, 4.69) is 13.5 Å². The van der Waals surface area contributed by atoms with Crippen LogP contribution in [0.1, 0.15) is 49.5 Å². The van der Waals surface area contributed by atoms with Crippen molar-refractivity contribution in [3.8, 4) is 0 Å². The fraction of sp³-hybridized carbons (Fsp3) is 0.579. The van der Waals surface area contributed by atoms with Crippen LogP contribution in [-0.2, 0) is 11.8 Å². The largest absolute Gasteiger partial charge is 0.347 e. The van der Waals surface area contributed by atoms with E-state index in [9.17, 15) is 9.59 Å². The molecule has 2 aliphatic rings. The molecule has 5 heteroatoms. The molecule has 1 aromatic rings. The highest BCUT2D eigenvalue weighted by atomic mass is 16.2. The van der Waals surface area contributed by atoms with Crippen molar-refractivity contribution in [2.75, 3.05) is 13.1 Å². The lowest BCUT2D eigenvalue weighted by molar-refractivity contribution is -0.133. The standard InChI is InChI=1S/C19H27N3O2/c1-4-12-22-17(23)9-11-19(22)10-7-14-21(16(19)5-2)18(24)15-8-6-13-20(15)3/h4,6,8,13,16H,1,5,7,9-12,14H2,2-3H3/t16-,19-/m1/s1. The van der Waals surface area contributed by atoms with E-state index in [1.54, 1.807) is 6.08 Å². The number of rotatable bonds is 4. The number of piperidine rings is 1. The Morgan fingerprint density at radius 2 is 2.25 bits per heavy atom. The summed E-state index contributed by atoms with van der Waals surface area (Å²) in [7, 11) is 1.90. The zero-order valence-corrected chi connectivity index (χ0v) is 14.7. The van der Waals surface area contributed by atoms with Gasteiger partial charge in [-0.05, 0) is 37.8 Å². The molecule has 5 nitrogen and oxygen atoms in total. The molecule has 0 radical (unpaired) electrons. The molecule has 2 fully saturated rings. The fourth-order valence-corrected chi connectivity index (χ4v) is 4.70. The van der Waals surface area contributed by atoms with E-state index < -0.39 is 0 Å². The molecule has 0 aliphatic carbocycles. The third-order valence-corrected chi connectivity index (χ3v) is 5.74. The number of carbonyl (C=O) groups excluding carboxylic acids is 2. The summed E-state index contributed by atoms with van der Waals surface area (Å²) in [5.41, 5.74) is 0.490. The van der Waals surface area contributed by atoms with Gasteiger partial charge in [-0.15, -0.1) is 6.58 Å². The maximum atomic E-state index is 13.1. The average Bonchev–Trinajstić information content (AvgIpc) is 3.13. The molecule has 2 amide bonds. The Kier molecular flexibility index (Phi) is 4.52. The summed E-state index contributed by atoms with van der Waals surface area (Å²) in [6, 6.07) is 3.84. The third-order valence-electron chi connectivity index (χ3n) is 5.74. The minimum Gasteiger partial charge on any atom is -0.347 e. The summed E-state index contributed by atoms with van der Waals surface area (Å²) in [4.78, 5) is 29.5. The summed E-state index contributed by atoms with van der Waals surface area (Å²) in [5.74, 6) is 0.271. The van der Waals surface area contributed by atoms with Gasteiger partial charge in [0.2, 0.25) is 5.91 Å². The number of carbonyl (C=O) groups is 2. The van der Waals surface area contributed by atoms with Crippen LogP contribution < -0.4 is 0 Å². The van der Waals surface area contributed by atoms with E-state index in [4.69, 9.17) is 0 Å². The van der Waals surface area contributed by atoms with Gasteiger partial charge in [0.1, 0.15) is 5.69 Å². The van der Waals surface area contributed by atoms with Crippen LogP contribution >= 0.6 is 0 Å². The van der Waals surface area contributed by atoms with E-state index in [1.807, 2.05) is 39.7 Å². The second-order valence-corrected chi connectivity index (χ2v) is 6.93. The van der Waals surface area contributed by atoms with E-state index in [1.165, 1.54) is 0 Å². The molecular weight excluding hydrogens is 302 g/mol. The van der Waals surface area contributed by atoms with Crippen LogP contribution in [0.4, 0.5) is 0 Å².